The van der Waals surface area contributed by atoms with Crippen LogP contribution in [0.25, 0.3) is 0 Å². The zero-order valence-corrected chi connectivity index (χ0v) is 13.3. The number of alkyl halides is 1. The van der Waals surface area contributed by atoms with Crippen molar-refractivity contribution in [1.82, 2.24) is 9.97 Å². The van der Waals surface area contributed by atoms with E-state index in [1.165, 1.54) is 36.7 Å². The number of hydrogen-bond acceptors (Lipinski definition) is 5. The molecule has 0 aliphatic heterocycles. The number of nitrogens with one attached hydrogen (secondary N) is 1. The largest absolute Gasteiger partial charge is 0.386 e. The lowest BCUT2D eigenvalue weighted by molar-refractivity contribution is 0.601. The highest BCUT2D eigenvalue weighted by Gasteiger charge is 2.15. The van der Waals surface area contributed by atoms with Gasteiger partial charge in [-0.2, -0.15) is 0 Å². The van der Waals surface area contributed by atoms with Gasteiger partial charge in [-0.25, -0.2) is 28.1 Å². The van der Waals surface area contributed by atoms with Crippen LogP contribution in [-0.2, 0) is 10.0 Å². The standard InChI is InChI=1S/C13H14ClN5O2S/c1-9-7-16-13(17-8-9)19-22(20,21)11-4-2-10(3-5-11)18-12(15)6-14/h2-5,7-8H,6H2,1H3,(H2,15,18)(H,16,17,19). The van der Waals surface area contributed by atoms with Crippen molar-refractivity contribution in [3.8, 4) is 0 Å². The van der Waals surface area contributed by atoms with E-state index in [1.807, 2.05) is 6.92 Å². The number of anilines is 1. The highest BCUT2D eigenvalue weighted by atomic mass is 35.5. The smallest absolute Gasteiger partial charge is 0.264 e. The first-order valence-electron chi connectivity index (χ1n) is 6.21. The van der Waals surface area contributed by atoms with Gasteiger partial charge in [0.2, 0.25) is 5.95 Å². The minimum Gasteiger partial charge on any atom is -0.386 e. The van der Waals surface area contributed by atoms with E-state index in [1.54, 1.807) is 0 Å². The number of rotatable bonds is 5. The van der Waals surface area contributed by atoms with Gasteiger partial charge in [-0.3, -0.25) is 0 Å². The predicted molar refractivity (Wildman–Crippen MR) is 86.0 cm³/mol. The zero-order chi connectivity index (χ0) is 16.2. The van der Waals surface area contributed by atoms with E-state index in [2.05, 4.69) is 19.7 Å². The third kappa shape index (κ3) is 4.15. The van der Waals surface area contributed by atoms with Crippen LogP contribution in [0.1, 0.15) is 5.56 Å². The Morgan fingerprint density at radius 1 is 1.27 bits per heavy atom. The van der Waals surface area contributed by atoms with Gasteiger partial charge in [0.25, 0.3) is 10.0 Å². The Kier molecular flexibility index (Phi) is 4.94. The summed E-state index contributed by atoms with van der Waals surface area (Å²) in [5.74, 6) is 0.370. The molecule has 1 heterocycles. The molecule has 2 aromatic rings. The average molecular weight is 340 g/mol. The van der Waals surface area contributed by atoms with Gasteiger partial charge in [0.1, 0.15) is 5.84 Å². The number of amidine groups is 1. The van der Waals surface area contributed by atoms with Gasteiger partial charge < -0.3 is 5.73 Å². The fourth-order valence-corrected chi connectivity index (χ4v) is 2.54. The summed E-state index contributed by atoms with van der Waals surface area (Å²) in [5.41, 5.74) is 6.87. The first-order chi connectivity index (χ1) is 10.4. The zero-order valence-electron chi connectivity index (χ0n) is 11.7. The first-order valence-corrected chi connectivity index (χ1v) is 8.23. The molecule has 7 nitrogen and oxygen atoms in total. The van der Waals surface area contributed by atoms with Gasteiger partial charge in [-0.05, 0) is 36.8 Å². The molecule has 0 aliphatic rings. The fraction of sp³-hybridized carbons (Fsp3) is 0.154. The van der Waals surface area contributed by atoms with Gasteiger partial charge >= 0.3 is 0 Å². The molecular weight excluding hydrogens is 326 g/mol. The van der Waals surface area contributed by atoms with Crippen LogP contribution in [0.2, 0.25) is 0 Å². The second-order valence-corrected chi connectivity index (χ2v) is 6.37. The van der Waals surface area contributed by atoms with Crippen LogP contribution in [-0.4, -0.2) is 30.1 Å². The van der Waals surface area contributed by atoms with Gasteiger partial charge in [-0.1, -0.05) is 0 Å². The van der Waals surface area contributed by atoms with Gasteiger partial charge in [0, 0.05) is 12.4 Å². The second-order valence-electron chi connectivity index (χ2n) is 4.42. The van der Waals surface area contributed by atoms with E-state index >= 15 is 0 Å². The Balaban J connectivity index is 2.21. The molecule has 0 saturated carbocycles. The van der Waals surface area contributed by atoms with E-state index in [0.29, 0.717) is 5.69 Å². The molecule has 22 heavy (non-hydrogen) atoms. The van der Waals surface area contributed by atoms with E-state index in [9.17, 15) is 8.42 Å². The number of nitrogens with two attached hydrogens (primary N) is 1. The molecule has 0 fully saturated rings. The lowest BCUT2D eigenvalue weighted by atomic mass is 10.3. The molecule has 0 radical (unpaired) electrons. The molecule has 0 amide bonds. The molecule has 9 heteroatoms. The van der Waals surface area contributed by atoms with Gasteiger partial charge in [0.05, 0.1) is 16.5 Å². The Morgan fingerprint density at radius 3 is 2.41 bits per heavy atom. The number of hydrogen-bond donors (Lipinski definition) is 2. The van der Waals surface area contributed by atoms with Crippen LogP contribution in [0.15, 0.2) is 46.5 Å². The Bertz CT molecular complexity index is 773. The fourth-order valence-electron chi connectivity index (χ4n) is 1.52. The monoisotopic (exact) mass is 339 g/mol. The van der Waals surface area contributed by atoms with Crippen LogP contribution >= 0.6 is 11.6 Å². The quantitative estimate of drug-likeness (QED) is 0.490. The number of aromatic nitrogens is 2. The summed E-state index contributed by atoms with van der Waals surface area (Å²) in [7, 11) is -3.76. The summed E-state index contributed by atoms with van der Waals surface area (Å²) in [4.78, 5) is 11.9. The molecule has 1 aromatic heterocycles. The van der Waals surface area contributed by atoms with Crippen molar-refractivity contribution in [1.29, 1.82) is 0 Å². The number of aliphatic imine (C=N–C) groups is 1. The van der Waals surface area contributed by atoms with Crippen molar-refractivity contribution in [3.63, 3.8) is 0 Å². The van der Waals surface area contributed by atoms with E-state index in [-0.39, 0.29) is 22.6 Å². The van der Waals surface area contributed by atoms with Crippen molar-refractivity contribution < 1.29 is 8.42 Å². The molecule has 1 aromatic carbocycles. The maximum absolute atomic E-state index is 12.2. The van der Waals surface area contributed by atoms with E-state index in [4.69, 9.17) is 17.3 Å². The number of sulfonamides is 1. The van der Waals surface area contributed by atoms with Crippen LogP contribution in [0.3, 0.4) is 0 Å². The highest BCUT2D eigenvalue weighted by molar-refractivity contribution is 7.92. The molecule has 2 rings (SSSR count). The molecule has 0 saturated heterocycles. The normalized spacial score (nSPS) is 12.2. The molecule has 0 spiro atoms. The van der Waals surface area contributed by atoms with E-state index in [0.717, 1.165) is 5.56 Å². The van der Waals surface area contributed by atoms with E-state index < -0.39 is 10.0 Å². The van der Waals surface area contributed by atoms with Crippen LogP contribution < -0.4 is 10.5 Å². The predicted octanol–water partition coefficient (Wildman–Crippen LogP) is 1.81. The second kappa shape index (κ2) is 6.71. The first kappa shape index (κ1) is 16.2. The maximum atomic E-state index is 12.2. The third-order valence-corrected chi connectivity index (χ3v) is 4.18. The molecule has 0 aliphatic carbocycles. The summed E-state index contributed by atoms with van der Waals surface area (Å²) in [5, 5.41) is 0. The Labute approximate surface area is 133 Å². The van der Waals surface area contributed by atoms with Crippen LogP contribution in [0.5, 0.6) is 0 Å². The van der Waals surface area contributed by atoms with Gasteiger partial charge in [-0.15, -0.1) is 11.6 Å². The number of aryl methyl sites for hydroxylation is 1. The number of nitrogens with zero attached hydrogens (tertiary/aromatic N) is 3. The SMILES string of the molecule is Cc1cnc(NS(=O)(=O)c2ccc(N=C(N)CCl)cc2)nc1. The molecule has 0 unspecified atom stereocenters. The summed E-state index contributed by atoms with van der Waals surface area (Å²) >= 11 is 5.53. The van der Waals surface area contributed by atoms with Crippen molar-refractivity contribution >= 4 is 39.1 Å². The van der Waals surface area contributed by atoms with Crippen molar-refractivity contribution in [2.75, 3.05) is 10.6 Å². The topological polar surface area (TPSA) is 110 Å². The Hall–Kier alpha value is -2.19. The molecule has 0 atom stereocenters. The van der Waals surface area contributed by atoms with Crippen LogP contribution in [0, 0.1) is 6.92 Å². The molecule has 0 bridgehead atoms. The highest BCUT2D eigenvalue weighted by Crippen LogP contribution is 2.18. The Morgan fingerprint density at radius 2 is 1.86 bits per heavy atom. The summed E-state index contributed by atoms with van der Waals surface area (Å²) in [6, 6.07) is 5.89. The minimum atomic E-state index is -3.76. The number of benzene rings is 1. The van der Waals surface area contributed by atoms with Crippen LogP contribution in [0.4, 0.5) is 11.6 Å². The lowest BCUT2D eigenvalue weighted by Gasteiger charge is -2.06. The third-order valence-electron chi connectivity index (χ3n) is 2.56. The lowest BCUT2D eigenvalue weighted by Crippen LogP contribution is -2.15. The van der Waals surface area contributed by atoms with Crippen molar-refractivity contribution in [3.05, 3.63) is 42.2 Å². The van der Waals surface area contributed by atoms with Gasteiger partial charge in [0.15, 0.2) is 0 Å². The summed E-state index contributed by atoms with van der Waals surface area (Å²) < 4.78 is 26.7. The average Bonchev–Trinajstić information content (AvgIpc) is 2.50. The summed E-state index contributed by atoms with van der Waals surface area (Å²) in [6.45, 7) is 1.81. The maximum Gasteiger partial charge on any atom is 0.264 e. The molecular formula is C13H14ClN5O2S. The minimum absolute atomic E-state index is 0.0130. The number of halogens is 1. The molecule has 3 N–H and O–H groups in total. The van der Waals surface area contributed by atoms with Crippen molar-refractivity contribution in [2.45, 2.75) is 11.8 Å². The summed E-state index contributed by atoms with van der Waals surface area (Å²) in [6.07, 6.45) is 3.05. The molecule has 116 valence electrons. The van der Waals surface area contributed by atoms with Crippen molar-refractivity contribution in [2.24, 2.45) is 10.7 Å².